The SMILES string of the molecule is Cc1cn(CC(=O)NCC(O)CC(C)C)c2ccccc12. The fraction of sp³-hybridized carbons (Fsp3) is 0.471. The number of benzene rings is 1. The van der Waals surface area contributed by atoms with E-state index in [-0.39, 0.29) is 12.5 Å². The normalized spacial score (nSPS) is 12.8. The first-order valence-electron chi connectivity index (χ1n) is 7.46. The van der Waals surface area contributed by atoms with Crippen molar-refractivity contribution in [3.63, 3.8) is 0 Å². The number of rotatable bonds is 6. The molecule has 0 saturated carbocycles. The molecule has 21 heavy (non-hydrogen) atoms. The van der Waals surface area contributed by atoms with Crippen molar-refractivity contribution in [2.24, 2.45) is 5.92 Å². The summed E-state index contributed by atoms with van der Waals surface area (Å²) in [6.45, 7) is 6.75. The van der Waals surface area contributed by atoms with Gasteiger partial charge in [-0.3, -0.25) is 4.79 Å². The highest BCUT2D eigenvalue weighted by atomic mass is 16.3. The van der Waals surface area contributed by atoms with Gasteiger partial charge in [0.25, 0.3) is 0 Å². The standard InChI is InChI=1S/C17H24N2O2/c1-12(2)8-14(20)9-18-17(21)11-19-10-13(3)15-6-4-5-7-16(15)19/h4-7,10,12,14,20H,8-9,11H2,1-3H3,(H,18,21). The monoisotopic (exact) mass is 288 g/mol. The highest BCUT2D eigenvalue weighted by Gasteiger charge is 2.11. The number of aromatic nitrogens is 1. The summed E-state index contributed by atoms with van der Waals surface area (Å²) in [5.41, 5.74) is 2.23. The average molecular weight is 288 g/mol. The van der Waals surface area contributed by atoms with Crippen molar-refractivity contribution < 1.29 is 9.90 Å². The Labute approximate surface area is 125 Å². The van der Waals surface area contributed by atoms with Crippen molar-refractivity contribution in [1.29, 1.82) is 0 Å². The van der Waals surface area contributed by atoms with Gasteiger partial charge >= 0.3 is 0 Å². The maximum absolute atomic E-state index is 12.0. The Morgan fingerprint density at radius 3 is 2.76 bits per heavy atom. The van der Waals surface area contributed by atoms with Crippen molar-refractivity contribution in [1.82, 2.24) is 9.88 Å². The second-order valence-electron chi connectivity index (χ2n) is 6.04. The number of amides is 1. The molecule has 0 aliphatic carbocycles. The van der Waals surface area contributed by atoms with Gasteiger partial charge in [0.15, 0.2) is 0 Å². The van der Waals surface area contributed by atoms with E-state index in [0.29, 0.717) is 18.9 Å². The van der Waals surface area contributed by atoms with Crippen LogP contribution in [0.4, 0.5) is 0 Å². The second-order valence-corrected chi connectivity index (χ2v) is 6.04. The third kappa shape index (κ3) is 4.08. The number of fused-ring (bicyclic) bond motifs is 1. The number of aliphatic hydroxyl groups is 1. The van der Waals surface area contributed by atoms with Gasteiger partial charge in [0.05, 0.1) is 6.10 Å². The van der Waals surface area contributed by atoms with Crippen LogP contribution >= 0.6 is 0 Å². The molecule has 1 amide bonds. The largest absolute Gasteiger partial charge is 0.391 e. The lowest BCUT2D eigenvalue weighted by Crippen LogP contribution is -2.34. The second kappa shape index (κ2) is 6.76. The van der Waals surface area contributed by atoms with Gasteiger partial charge < -0.3 is 15.0 Å². The van der Waals surface area contributed by atoms with Gasteiger partial charge in [0, 0.05) is 23.6 Å². The fourth-order valence-electron chi connectivity index (χ4n) is 2.63. The van der Waals surface area contributed by atoms with Crippen molar-refractivity contribution >= 4 is 16.8 Å². The lowest BCUT2D eigenvalue weighted by atomic mass is 10.1. The van der Waals surface area contributed by atoms with Crippen LogP contribution in [-0.4, -0.2) is 28.2 Å². The smallest absolute Gasteiger partial charge is 0.240 e. The molecular weight excluding hydrogens is 264 g/mol. The molecule has 2 N–H and O–H groups in total. The molecule has 1 atom stereocenters. The van der Waals surface area contributed by atoms with E-state index in [9.17, 15) is 9.90 Å². The average Bonchev–Trinajstić information content (AvgIpc) is 2.73. The number of nitrogens with one attached hydrogen (secondary N) is 1. The highest BCUT2D eigenvalue weighted by Crippen LogP contribution is 2.20. The summed E-state index contributed by atoms with van der Waals surface area (Å²) < 4.78 is 1.95. The fourth-order valence-corrected chi connectivity index (χ4v) is 2.63. The van der Waals surface area contributed by atoms with E-state index in [1.807, 2.05) is 35.9 Å². The summed E-state index contributed by atoms with van der Waals surface area (Å²) in [4.78, 5) is 12.0. The molecule has 0 aliphatic heterocycles. The molecular formula is C17H24N2O2. The number of carbonyl (C=O) groups excluding carboxylic acids is 1. The van der Waals surface area contributed by atoms with Crippen LogP contribution in [0, 0.1) is 12.8 Å². The van der Waals surface area contributed by atoms with Crippen LogP contribution in [0.5, 0.6) is 0 Å². The Balaban J connectivity index is 1.96. The van der Waals surface area contributed by atoms with Gasteiger partial charge in [0.2, 0.25) is 5.91 Å². The van der Waals surface area contributed by atoms with Gasteiger partial charge in [-0.15, -0.1) is 0 Å². The molecule has 0 spiro atoms. The van der Waals surface area contributed by atoms with E-state index in [1.165, 1.54) is 10.9 Å². The van der Waals surface area contributed by atoms with Crippen LogP contribution in [0.2, 0.25) is 0 Å². The first-order valence-corrected chi connectivity index (χ1v) is 7.46. The maximum atomic E-state index is 12.0. The Kier molecular flexibility index (Phi) is 5.02. The molecule has 1 unspecified atom stereocenters. The molecule has 1 heterocycles. The first kappa shape index (κ1) is 15.6. The predicted molar refractivity (Wildman–Crippen MR) is 85.1 cm³/mol. The molecule has 0 fully saturated rings. The van der Waals surface area contributed by atoms with E-state index in [0.717, 1.165) is 5.52 Å². The van der Waals surface area contributed by atoms with E-state index >= 15 is 0 Å². The number of aliphatic hydroxyl groups excluding tert-OH is 1. The third-order valence-electron chi connectivity index (χ3n) is 3.58. The van der Waals surface area contributed by atoms with E-state index in [2.05, 4.69) is 25.2 Å². The minimum atomic E-state index is -0.475. The molecule has 2 rings (SSSR count). The number of para-hydroxylation sites is 1. The van der Waals surface area contributed by atoms with Gasteiger partial charge in [-0.05, 0) is 30.9 Å². The zero-order valence-corrected chi connectivity index (χ0v) is 13.0. The lowest BCUT2D eigenvalue weighted by Gasteiger charge is -2.14. The Morgan fingerprint density at radius 2 is 2.05 bits per heavy atom. The summed E-state index contributed by atoms with van der Waals surface area (Å²) in [6.07, 6.45) is 2.22. The predicted octanol–water partition coefficient (Wildman–Crippen LogP) is 2.47. The van der Waals surface area contributed by atoms with E-state index < -0.39 is 6.10 Å². The molecule has 114 valence electrons. The van der Waals surface area contributed by atoms with Crippen LogP contribution < -0.4 is 5.32 Å². The van der Waals surface area contributed by atoms with Crippen LogP contribution in [0.1, 0.15) is 25.8 Å². The topological polar surface area (TPSA) is 54.3 Å². The summed E-state index contributed by atoms with van der Waals surface area (Å²) in [5, 5.41) is 13.8. The molecule has 4 heteroatoms. The number of nitrogens with zero attached hydrogens (tertiary/aromatic N) is 1. The molecule has 0 radical (unpaired) electrons. The van der Waals surface area contributed by atoms with E-state index in [1.54, 1.807) is 0 Å². The molecule has 1 aromatic carbocycles. The summed E-state index contributed by atoms with van der Waals surface area (Å²) in [5.74, 6) is 0.353. The van der Waals surface area contributed by atoms with Crippen molar-refractivity contribution in [2.75, 3.05) is 6.54 Å². The quantitative estimate of drug-likeness (QED) is 0.858. The minimum Gasteiger partial charge on any atom is -0.391 e. The summed E-state index contributed by atoms with van der Waals surface area (Å²) in [6, 6.07) is 8.05. The molecule has 1 aromatic heterocycles. The molecule has 0 aliphatic rings. The number of hydrogen-bond acceptors (Lipinski definition) is 2. The van der Waals surface area contributed by atoms with Crippen LogP contribution in [-0.2, 0) is 11.3 Å². The highest BCUT2D eigenvalue weighted by molar-refractivity contribution is 5.85. The Hall–Kier alpha value is -1.81. The number of hydrogen-bond donors (Lipinski definition) is 2. The number of aryl methyl sites for hydroxylation is 1. The maximum Gasteiger partial charge on any atom is 0.240 e. The Bertz CT molecular complexity index is 616. The van der Waals surface area contributed by atoms with E-state index in [4.69, 9.17) is 0 Å². The van der Waals surface area contributed by atoms with Crippen LogP contribution in [0.25, 0.3) is 10.9 Å². The first-order chi connectivity index (χ1) is 9.97. The van der Waals surface area contributed by atoms with Crippen LogP contribution in [0.15, 0.2) is 30.5 Å². The van der Waals surface area contributed by atoms with Crippen molar-refractivity contribution in [3.8, 4) is 0 Å². The zero-order chi connectivity index (χ0) is 15.4. The minimum absolute atomic E-state index is 0.0708. The van der Waals surface area contributed by atoms with Crippen LogP contribution in [0.3, 0.4) is 0 Å². The van der Waals surface area contributed by atoms with Gasteiger partial charge in [0.1, 0.15) is 6.54 Å². The summed E-state index contributed by atoms with van der Waals surface area (Å²) >= 11 is 0. The van der Waals surface area contributed by atoms with Crippen molar-refractivity contribution in [3.05, 3.63) is 36.0 Å². The molecule has 0 saturated heterocycles. The summed E-state index contributed by atoms with van der Waals surface area (Å²) in [7, 11) is 0. The van der Waals surface area contributed by atoms with Gasteiger partial charge in [-0.1, -0.05) is 32.0 Å². The Morgan fingerprint density at radius 1 is 1.33 bits per heavy atom. The molecule has 0 bridgehead atoms. The zero-order valence-electron chi connectivity index (χ0n) is 13.0. The third-order valence-corrected chi connectivity index (χ3v) is 3.58. The van der Waals surface area contributed by atoms with Gasteiger partial charge in [-0.25, -0.2) is 0 Å². The molecule has 4 nitrogen and oxygen atoms in total. The molecule has 2 aromatic rings. The van der Waals surface area contributed by atoms with Gasteiger partial charge in [-0.2, -0.15) is 0 Å². The number of carbonyl (C=O) groups is 1. The lowest BCUT2D eigenvalue weighted by molar-refractivity contribution is -0.122. The van der Waals surface area contributed by atoms with Crippen molar-refractivity contribution in [2.45, 2.75) is 39.8 Å².